The highest BCUT2D eigenvalue weighted by Gasteiger charge is 2.34. The second-order valence-electron chi connectivity index (χ2n) is 12.3. The molecular weight excluding hydrogens is 610 g/mol. The van der Waals surface area contributed by atoms with Crippen molar-refractivity contribution in [1.29, 1.82) is 0 Å². The summed E-state index contributed by atoms with van der Waals surface area (Å²) in [6.07, 6.45) is 7.83. The van der Waals surface area contributed by atoms with Gasteiger partial charge in [-0.2, -0.15) is 9.97 Å². The highest BCUT2D eigenvalue weighted by molar-refractivity contribution is 6.01. The van der Waals surface area contributed by atoms with Crippen molar-refractivity contribution in [3.63, 3.8) is 0 Å². The minimum atomic E-state index is -0.0789. The Hall–Kier alpha value is -4.38. The Bertz CT molecular complexity index is 1480. The molecule has 2 fully saturated rings. The summed E-state index contributed by atoms with van der Waals surface area (Å²) < 4.78 is 22.6. The summed E-state index contributed by atoms with van der Waals surface area (Å²) in [5.74, 6) is 2.16. The summed E-state index contributed by atoms with van der Waals surface area (Å²) in [7, 11) is 3.23. The van der Waals surface area contributed by atoms with E-state index in [2.05, 4.69) is 20.2 Å². The van der Waals surface area contributed by atoms with E-state index in [4.69, 9.17) is 18.9 Å². The summed E-state index contributed by atoms with van der Waals surface area (Å²) in [5.41, 5.74) is 2.86. The molecule has 0 atom stereocenters. The van der Waals surface area contributed by atoms with Crippen LogP contribution in [0.1, 0.15) is 69.2 Å². The highest BCUT2D eigenvalue weighted by Crippen LogP contribution is 2.38. The topological polar surface area (TPSA) is 115 Å². The number of hydrogen-bond donors (Lipinski definition) is 1. The largest absolute Gasteiger partial charge is 0.497 e. The molecule has 0 bridgehead atoms. The number of aromatic nitrogens is 2. The van der Waals surface area contributed by atoms with Crippen molar-refractivity contribution in [2.24, 2.45) is 5.92 Å². The zero-order valence-corrected chi connectivity index (χ0v) is 28.7. The van der Waals surface area contributed by atoms with Crippen LogP contribution in [0, 0.1) is 5.92 Å². The van der Waals surface area contributed by atoms with Crippen molar-refractivity contribution in [1.82, 2.24) is 20.2 Å². The number of carbonyl (C=O) groups excluding carboxylic acids is 2. The van der Waals surface area contributed by atoms with Crippen LogP contribution < -0.4 is 29.2 Å². The fraction of sp³-hybridized carbons (Fsp3) is 0.514. The first-order valence-corrected chi connectivity index (χ1v) is 17.2. The molecule has 2 heterocycles. The maximum absolute atomic E-state index is 13.6. The average molecular weight is 660 g/mol. The number of piperidine rings is 1. The molecule has 3 aromatic rings. The summed E-state index contributed by atoms with van der Waals surface area (Å²) >= 11 is 0. The van der Waals surface area contributed by atoms with Crippen molar-refractivity contribution < 1.29 is 28.5 Å². The Labute approximate surface area is 283 Å². The highest BCUT2D eigenvalue weighted by atomic mass is 16.5. The van der Waals surface area contributed by atoms with E-state index >= 15 is 0 Å². The number of nitrogens with zero attached hydrogens (tertiary/aromatic N) is 4. The van der Waals surface area contributed by atoms with Gasteiger partial charge in [0.1, 0.15) is 17.8 Å². The molecule has 1 aliphatic heterocycles. The third-order valence-corrected chi connectivity index (χ3v) is 9.17. The molecule has 0 spiro atoms. The van der Waals surface area contributed by atoms with Gasteiger partial charge in [0, 0.05) is 43.2 Å². The van der Waals surface area contributed by atoms with E-state index in [-0.39, 0.29) is 23.8 Å². The Balaban J connectivity index is 1.15. The Morgan fingerprint density at radius 3 is 2.12 bits per heavy atom. The molecule has 1 saturated carbocycles. The van der Waals surface area contributed by atoms with Gasteiger partial charge >= 0.3 is 0 Å². The number of rotatable bonds is 16. The second-order valence-corrected chi connectivity index (χ2v) is 12.3. The molecule has 1 saturated heterocycles. The van der Waals surface area contributed by atoms with Crippen LogP contribution in [0.5, 0.6) is 23.3 Å². The van der Waals surface area contributed by atoms with Gasteiger partial charge in [-0.1, -0.05) is 24.6 Å². The van der Waals surface area contributed by atoms with Crippen LogP contribution >= 0.6 is 0 Å². The molecule has 1 N–H and O–H groups in total. The summed E-state index contributed by atoms with van der Waals surface area (Å²) in [6, 6.07) is 13.4. The van der Waals surface area contributed by atoms with Gasteiger partial charge in [0.25, 0.3) is 5.91 Å². The van der Waals surface area contributed by atoms with E-state index < -0.39 is 0 Å². The predicted octanol–water partition coefficient (Wildman–Crippen LogP) is 5.77. The molecule has 11 heteroatoms. The molecule has 1 aromatic heterocycles. The van der Waals surface area contributed by atoms with Gasteiger partial charge < -0.3 is 34.1 Å². The number of anilines is 1. The van der Waals surface area contributed by atoms with Crippen molar-refractivity contribution >= 4 is 17.5 Å². The predicted molar refractivity (Wildman–Crippen MR) is 185 cm³/mol. The quantitative estimate of drug-likeness (QED) is 0.192. The smallest absolute Gasteiger partial charge is 0.252 e. The summed E-state index contributed by atoms with van der Waals surface area (Å²) in [5, 5.41) is 3.28. The van der Waals surface area contributed by atoms with Crippen LogP contribution in [0.15, 0.2) is 48.8 Å². The third kappa shape index (κ3) is 8.55. The molecule has 48 heavy (non-hydrogen) atoms. The Morgan fingerprint density at radius 1 is 0.896 bits per heavy atom. The normalized spacial score (nSPS) is 15.3. The maximum Gasteiger partial charge on any atom is 0.252 e. The molecule has 2 aromatic carbocycles. The summed E-state index contributed by atoms with van der Waals surface area (Å²) in [4.78, 5) is 40.1. The first-order chi connectivity index (χ1) is 23.4. The fourth-order valence-corrected chi connectivity index (χ4v) is 6.34. The van der Waals surface area contributed by atoms with Crippen molar-refractivity contribution in [3.05, 3.63) is 54.4 Å². The van der Waals surface area contributed by atoms with Gasteiger partial charge in [0.05, 0.1) is 27.4 Å². The monoisotopic (exact) mass is 659 g/mol. The van der Waals surface area contributed by atoms with Crippen LogP contribution in [0.25, 0.3) is 11.1 Å². The number of methoxy groups -OCH3 is 2. The number of carbonyl (C=O) groups is 2. The lowest BCUT2D eigenvalue weighted by Crippen LogP contribution is -2.45. The number of ether oxygens (including phenoxy) is 4. The lowest BCUT2D eigenvalue weighted by Gasteiger charge is -2.34. The van der Waals surface area contributed by atoms with Crippen molar-refractivity contribution in [2.75, 3.05) is 58.5 Å². The van der Waals surface area contributed by atoms with Crippen LogP contribution in [0.2, 0.25) is 0 Å². The number of nitrogens with one attached hydrogen (secondary N) is 1. The molecule has 11 nitrogen and oxygen atoms in total. The van der Waals surface area contributed by atoms with Crippen LogP contribution in [0.4, 0.5) is 5.69 Å². The molecule has 1 aliphatic carbocycles. The number of likely N-dealkylation sites (tertiary alicyclic amines) is 1. The number of unbranched alkanes of at least 4 members (excludes halogenated alkanes) is 1. The van der Waals surface area contributed by atoms with Crippen LogP contribution in [-0.4, -0.2) is 86.3 Å². The summed E-state index contributed by atoms with van der Waals surface area (Å²) in [6.45, 7) is 7.95. The lowest BCUT2D eigenvalue weighted by atomic mass is 9.84. The van der Waals surface area contributed by atoms with Crippen LogP contribution in [0.3, 0.4) is 0 Å². The molecule has 0 radical (unpaired) electrons. The molecule has 2 amide bonds. The fourth-order valence-electron chi connectivity index (χ4n) is 6.34. The molecule has 2 aliphatic rings. The standard InChI is InChI=1S/C37H49N5O6/c1-5-47-35-33(36(48-6-2)39-25-38-35)42(37(44)26-12-11-13-26)19-10-9-18-41-20-16-28(17-21-41)40-34(43)32-15-8-7-14-31(32)27-22-29(45-3)24-30(23-27)46-4/h7-8,14-15,22-26,28H,5-6,9-13,16-21H2,1-4H3,(H,40,43). The van der Waals surface area contributed by atoms with Crippen molar-refractivity contribution in [2.45, 2.75) is 64.8 Å². The molecule has 0 unspecified atom stereocenters. The van der Waals surface area contributed by atoms with E-state index in [0.29, 0.717) is 54.3 Å². The van der Waals surface area contributed by atoms with Gasteiger partial charge in [0.2, 0.25) is 17.7 Å². The van der Waals surface area contributed by atoms with Gasteiger partial charge in [-0.15, -0.1) is 0 Å². The first-order valence-electron chi connectivity index (χ1n) is 17.2. The third-order valence-electron chi connectivity index (χ3n) is 9.17. The van der Waals surface area contributed by atoms with E-state index in [9.17, 15) is 9.59 Å². The molecular formula is C37H49N5O6. The molecule has 258 valence electrons. The van der Waals surface area contributed by atoms with Gasteiger partial charge in [-0.05, 0) is 88.2 Å². The number of amides is 2. The second kappa shape index (κ2) is 17.1. The van der Waals surface area contributed by atoms with E-state index in [1.165, 1.54) is 6.33 Å². The van der Waals surface area contributed by atoms with Gasteiger partial charge in [-0.25, -0.2) is 0 Å². The van der Waals surface area contributed by atoms with Gasteiger partial charge in [0.15, 0.2) is 5.69 Å². The molecule has 5 rings (SSSR count). The Morgan fingerprint density at radius 2 is 1.54 bits per heavy atom. The SMILES string of the molecule is CCOc1ncnc(OCC)c1N(CCCCN1CCC(NC(=O)c2ccccc2-c2cc(OC)cc(OC)c2)CC1)C(=O)C1CCC1. The van der Waals surface area contributed by atoms with E-state index in [1.807, 2.05) is 56.3 Å². The average Bonchev–Trinajstić information content (AvgIpc) is 3.08. The minimum absolute atomic E-state index is 0.0220. The maximum atomic E-state index is 13.6. The lowest BCUT2D eigenvalue weighted by molar-refractivity contribution is -0.124. The number of hydrogen-bond acceptors (Lipinski definition) is 9. The van der Waals surface area contributed by atoms with Crippen LogP contribution in [-0.2, 0) is 4.79 Å². The zero-order chi connectivity index (χ0) is 33.9. The van der Waals surface area contributed by atoms with E-state index in [1.54, 1.807) is 19.1 Å². The first kappa shape index (κ1) is 34.9. The zero-order valence-electron chi connectivity index (χ0n) is 28.7. The van der Waals surface area contributed by atoms with Crippen molar-refractivity contribution in [3.8, 4) is 34.4 Å². The number of benzene rings is 2. The van der Waals surface area contributed by atoms with Gasteiger partial charge in [-0.3, -0.25) is 9.59 Å². The van der Waals surface area contributed by atoms with E-state index in [0.717, 1.165) is 75.7 Å². The minimum Gasteiger partial charge on any atom is -0.497 e. The Kier molecular flexibility index (Phi) is 12.5.